The van der Waals surface area contributed by atoms with Gasteiger partial charge in [0, 0.05) is 5.02 Å². The van der Waals surface area contributed by atoms with E-state index in [9.17, 15) is 8.78 Å². The average Bonchev–Trinajstić information content (AvgIpc) is 2.45. The van der Waals surface area contributed by atoms with Crippen molar-refractivity contribution in [3.05, 3.63) is 70.2 Å². The second kappa shape index (κ2) is 7.53. The summed E-state index contributed by atoms with van der Waals surface area (Å²) in [7, 11) is 1.86. The molecule has 2 rings (SSSR count). The minimum absolute atomic E-state index is 0.187. The molecule has 0 saturated heterocycles. The summed E-state index contributed by atoms with van der Waals surface area (Å²) in [6.45, 7) is 0.735. The highest BCUT2D eigenvalue weighted by molar-refractivity contribution is 6.30. The molecule has 0 aliphatic carbocycles. The first-order valence-corrected chi connectivity index (χ1v) is 7.29. The molecule has 0 amide bonds. The Morgan fingerprint density at radius 3 is 2.43 bits per heavy atom. The molecule has 1 unspecified atom stereocenters. The van der Waals surface area contributed by atoms with Crippen LogP contribution in [0.3, 0.4) is 0 Å². The summed E-state index contributed by atoms with van der Waals surface area (Å²) in [5.74, 6) is -0.567. The molecule has 1 nitrogen and oxygen atoms in total. The predicted octanol–water partition coefficient (Wildman–Crippen LogP) is 4.24. The first-order chi connectivity index (χ1) is 10.1. The monoisotopic (exact) mass is 309 g/mol. The van der Waals surface area contributed by atoms with Crippen molar-refractivity contribution in [2.75, 3.05) is 13.6 Å². The molecule has 2 aromatic carbocycles. The predicted molar refractivity (Wildman–Crippen MR) is 82.6 cm³/mol. The van der Waals surface area contributed by atoms with E-state index >= 15 is 0 Å². The van der Waals surface area contributed by atoms with Gasteiger partial charge in [-0.15, -0.1) is 0 Å². The summed E-state index contributed by atoms with van der Waals surface area (Å²) in [4.78, 5) is 0. The quantitative estimate of drug-likeness (QED) is 0.841. The molecule has 1 atom stereocenters. The Kier molecular flexibility index (Phi) is 5.71. The third-order valence-electron chi connectivity index (χ3n) is 3.45. The summed E-state index contributed by atoms with van der Waals surface area (Å²) in [5.41, 5.74) is 1.56. The van der Waals surface area contributed by atoms with Crippen molar-refractivity contribution in [2.24, 2.45) is 5.92 Å². The number of rotatable bonds is 6. The van der Waals surface area contributed by atoms with Crippen LogP contribution >= 0.6 is 11.6 Å². The van der Waals surface area contributed by atoms with Gasteiger partial charge in [-0.2, -0.15) is 0 Å². The van der Waals surface area contributed by atoms with Crippen molar-refractivity contribution < 1.29 is 8.78 Å². The van der Waals surface area contributed by atoms with E-state index in [4.69, 9.17) is 11.6 Å². The minimum atomic E-state index is -0.402. The van der Waals surface area contributed by atoms with E-state index < -0.39 is 5.82 Å². The molecule has 112 valence electrons. The van der Waals surface area contributed by atoms with Gasteiger partial charge in [0.25, 0.3) is 0 Å². The van der Waals surface area contributed by atoms with Crippen molar-refractivity contribution in [3.63, 3.8) is 0 Å². The van der Waals surface area contributed by atoms with Crippen LogP contribution in [-0.4, -0.2) is 13.6 Å². The Bertz CT molecular complexity index is 584. The molecule has 0 aromatic heterocycles. The number of hydrogen-bond acceptors (Lipinski definition) is 1. The number of benzene rings is 2. The number of hydrogen-bond donors (Lipinski definition) is 1. The largest absolute Gasteiger partial charge is 0.319 e. The summed E-state index contributed by atoms with van der Waals surface area (Å²) < 4.78 is 27.0. The van der Waals surface area contributed by atoms with Crippen LogP contribution in [0.1, 0.15) is 11.1 Å². The van der Waals surface area contributed by atoms with Crippen molar-refractivity contribution in [1.29, 1.82) is 0 Å². The summed E-state index contributed by atoms with van der Waals surface area (Å²) in [6, 6.07) is 11.2. The highest BCUT2D eigenvalue weighted by Gasteiger charge is 2.13. The Morgan fingerprint density at radius 1 is 1.05 bits per heavy atom. The van der Waals surface area contributed by atoms with Crippen molar-refractivity contribution in [3.8, 4) is 0 Å². The van der Waals surface area contributed by atoms with Gasteiger partial charge in [-0.3, -0.25) is 0 Å². The molecule has 0 spiro atoms. The molecule has 0 aliphatic rings. The van der Waals surface area contributed by atoms with Crippen LogP contribution in [0, 0.1) is 17.6 Å². The van der Waals surface area contributed by atoms with Crippen LogP contribution in [0.4, 0.5) is 8.78 Å². The minimum Gasteiger partial charge on any atom is -0.319 e. The SMILES string of the molecule is CNCC(Cc1ccc(Cl)cc1)Cc1cc(F)ccc1F. The second-order valence-electron chi connectivity index (χ2n) is 5.19. The van der Waals surface area contributed by atoms with Crippen molar-refractivity contribution >= 4 is 11.6 Å². The van der Waals surface area contributed by atoms with Crippen molar-refractivity contribution in [1.82, 2.24) is 5.32 Å². The van der Waals surface area contributed by atoms with E-state index in [-0.39, 0.29) is 11.7 Å². The first kappa shape index (κ1) is 15.9. The molecular formula is C17H18ClF2N. The lowest BCUT2D eigenvalue weighted by Crippen LogP contribution is -2.23. The summed E-state index contributed by atoms with van der Waals surface area (Å²) in [5, 5.41) is 3.81. The van der Waals surface area contributed by atoms with Gasteiger partial charge in [0.2, 0.25) is 0 Å². The maximum absolute atomic E-state index is 13.8. The Labute approximate surface area is 128 Å². The van der Waals surface area contributed by atoms with Gasteiger partial charge in [-0.05, 0) is 73.8 Å². The lowest BCUT2D eigenvalue weighted by Gasteiger charge is -2.17. The molecule has 4 heteroatoms. The Hall–Kier alpha value is -1.45. The standard InChI is InChI=1S/C17H18ClF2N/c1-21-11-13(8-12-2-4-15(18)5-3-12)9-14-10-16(19)6-7-17(14)20/h2-7,10,13,21H,8-9,11H2,1H3. The van der Waals surface area contributed by atoms with E-state index in [0.29, 0.717) is 17.0 Å². The molecule has 2 aromatic rings. The molecular weight excluding hydrogens is 292 g/mol. The van der Waals surface area contributed by atoms with Gasteiger partial charge in [0.15, 0.2) is 0 Å². The maximum Gasteiger partial charge on any atom is 0.126 e. The van der Waals surface area contributed by atoms with Crippen LogP contribution in [-0.2, 0) is 12.8 Å². The van der Waals surface area contributed by atoms with Crippen molar-refractivity contribution in [2.45, 2.75) is 12.8 Å². The Balaban J connectivity index is 2.11. The van der Waals surface area contributed by atoms with Gasteiger partial charge in [-0.25, -0.2) is 8.78 Å². The molecule has 1 N–H and O–H groups in total. The van der Waals surface area contributed by atoms with Gasteiger partial charge >= 0.3 is 0 Å². The second-order valence-corrected chi connectivity index (χ2v) is 5.63. The molecule has 0 aliphatic heterocycles. The van der Waals surface area contributed by atoms with Gasteiger partial charge in [-0.1, -0.05) is 23.7 Å². The topological polar surface area (TPSA) is 12.0 Å². The molecule has 21 heavy (non-hydrogen) atoms. The van der Waals surface area contributed by atoms with Crippen LogP contribution in [0.25, 0.3) is 0 Å². The van der Waals surface area contributed by atoms with E-state index in [2.05, 4.69) is 5.32 Å². The fraction of sp³-hybridized carbons (Fsp3) is 0.294. The molecule has 0 saturated carbocycles. The van der Waals surface area contributed by atoms with Crippen LogP contribution in [0.5, 0.6) is 0 Å². The molecule has 0 heterocycles. The lowest BCUT2D eigenvalue weighted by atomic mass is 9.92. The van der Waals surface area contributed by atoms with Gasteiger partial charge in [0.1, 0.15) is 11.6 Å². The summed E-state index contributed by atoms with van der Waals surface area (Å²) in [6.07, 6.45) is 1.28. The first-order valence-electron chi connectivity index (χ1n) is 6.91. The highest BCUT2D eigenvalue weighted by Crippen LogP contribution is 2.19. The summed E-state index contributed by atoms with van der Waals surface area (Å²) >= 11 is 5.87. The van der Waals surface area contributed by atoms with Crippen LogP contribution < -0.4 is 5.32 Å². The van der Waals surface area contributed by atoms with E-state index in [1.807, 2.05) is 31.3 Å². The van der Waals surface area contributed by atoms with Crippen LogP contribution in [0.15, 0.2) is 42.5 Å². The molecule has 0 radical (unpaired) electrons. The fourth-order valence-electron chi connectivity index (χ4n) is 2.47. The smallest absolute Gasteiger partial charge is 0.126 e. The lowest BCUT2D eigenvalue weighted by molar-refractivity contribution is 0.477. The van der Waals surface area contributed by atoms with Crippen LogP contribution in [0.2, 0.25) is 5.02 Å². The van der Waals surface area contributed by atoms with Gasteiger partial charge in [0.05, 0.1) is 0 Å². The molecule has 0 fully saturated rings. The highest BCUT2D eigenvalue weighted by atomic mass is 35.5. The number of halogens is 3. The normalized spacial score (nSPS) is 12.4. The third kappa shape index (κ3) is 4.80. The van der Waals surface area contributed by atoms with E-state index in [1.165, 1.54) is 12.1 Å². The zero-order chi connectivity index (χ0) is 15.2. The zero-order valence-corrected chi connectivity index (χ0v) is 12.6. The maximum atomic E-state index is 13.8. The third-order valence-corrected chi connectivity index (χ3v) is 3.70. The fourth-order valence-corrected chi connectivity index (χ4v) is 2.60. The molecule has 0 bridgehead atoms. The van der Waals surface area contributed by atoms with E-state index in [0.717, 1.165) is 24.6 Å². The zero-order valence-electron chi connectivity index (χ0n) is 11.9. The average molecular weight is 310 g/mol. The Morgan fingerprint density at radius 2 is 1.76 bits per heavy atom. The number of nitrogens with one attached hydrogen (secondary N) is 1. The van der Waals surface area contributed by atoms with Gasteiger partial charge < -0.3 is 5.32 Å². The van der Waals surface area contributed by atoms with E-state index in [1.54, 1.807) is 0 Å².